The van der Waals surface area contributed by atoms with Crippen LogP contribution in [0.5, 0.6) is 0 Å². The van der Waals surface area contributed by atoms with Crippen molar-refractivity contribution in [1.82, 2.24) is 4.98 Å². The molecule has 1 aromatic heterocycles. The highest BCUT2D eigenvalue weighted by molar-refractivity contribution is 5.99. The smallest absolute Gasteiger partial charge is 0.139 e. The van der Waals surface area contributed by atoms with Gasteiger partial charge in [0.2, 0.25) is 0 Å². The first-order chi connectivity index (χ1) is 7.70. The highest BCUT2D eigenvalue weighted by Gasteiger charge is 2.12. The molecule has 0 atom stereocenters. The summed E-state index contributed by atoms with van der Waals surface area (Å²) in [5.74, 6) is 0.916. The van der Waals surface area contributed by atoms with Crippen molar-refractivity contribution < 1.29 is 0 Å². The first kappa shape index (κ1) is 12.5. The first-order valence-corrected chi connectivity index (χ1v) is 5.75. The van der Waals surface area contributed by atoms with Gasteiger partial charge in [0.05, 0.1) is 5.56 Å². The Labute approximate surface area is 97.0 Å². The van der Waals surface area contributed by atoms with E-state index in [2.05, 4.69) is 23.7 Å². The molecule has 0 aromatic carbocycles. The average Bonchev–Trinajstić information content (AvgIpc) is 2.29. The van der Waals surface area contributed by atoms with Crippen molar-refractivity contribution in [1.29, 1.82) is 5.41 Å². The molecule has 0 aliphatic rings. The number of nitrogen functional groups attached to an aromatic ring is 1. The minimum atomic E-state index is 0.0836. The van der Waals surface area contributed by atoms with E-state index in [9.17, 15) is 0 Å². The Bertz CT molecular complexity index is 343. The lowest BCUT2D eigenvalue weighted by molar-refractivity contribution is 0.733. The molecular formula is C12H20N4. The second-order valence-corrected chi connectivity index (χ2v) is 3.78. The third-order valence-corrected chi connectivity index (χ3v) is 2.36. The van der Waals surface area contributed by atoms with Gasteiger partial charge >= 0.3 is 0 Å². The summed E-state index contributed by atoms with van der Waals surface area (Å²) in [4.78, 5) is 6.53. The van der Waals surface area contributed by atoms with Crippen LogP contribution in [0.4, 0.5) is 5.82 Å². The maximum atomic E-state index is 7.55. The maximum Gasteiger partial charge on any atom is 0.139 e. The highest BCUT2D eigenvalue weighted by atomic mass is 15.2. The molecule has 4 heteroatoms. The maximum absolute atomic E-state index is 7.55. The summed E-state index contributed by atoms with van der Waals surface area (Å²) in [6.07, 6.45) is 3.88. The van der Waals surface area contributed by atoms with Gasteiger partial charge in [0, 0.05) is 19.3 Å². The van der Waals surface area contributed by atoms with Crippen LogP contribution in [0.2, 0.25) is 0 Å². The van der Waals surface area contributed by atoms with Gasteiger partial charge < -0.3 is 10.6 Å². The number of anilines is 1. The van der Waals surface area contributed by atoms with E-state index in [1.165, 1.54) is 0 Å². The van der Waals surface area contributed by atoms with Gasteiger partial charge in [-0.2, -0.15) is 0 Å². The standard InChI is InChI=1S/C12H20N4/c1-3-8-16(9-4-2)12-10(11(13)14)6-5-7-15-12/h5-7H,3-4,8-9H2,1-2H3,(H3,13,14). The number of nitrogens with two attached hydrogens (primary N) is 1. The van der Waals surface area contributed by atoms with E-state index < -0.39 is 0 Å². The zero-order chi connectivity index (χ0) is 12.0. The van der Waals surface area contributed by atoms with E-state index in [4.69, 9.17) is 11.1 Å². The van der Waals surface area contributed by atoms with Crippen molar-refractivity contribution >= 4 is 11.7 Å². The number of hydrogen-bond donors (Lipinski definition) is 2. The Balaban J connectivity index is 3.02. The summed E-state index contributed by atoms with van der Waals surface area (Å²) in [7, 11) is 0. The van der Waals surface area contributed by atoms with Gasteiger partial charge in [0.25, 0.3) is 0 Å². The van der Waals surface area contributed by atoms with Crippen LogP contribution in [0.1, 0.15) is 32.3 Å². The SMILES string of the molecule is CCCN(CCC)c1ncccc1C(=N)N. The topological polar surface area (TPSA) is 66.0 Å². The van der Waals surface area contributed by atoms with Crippen LogP contribution in [0.3, 0.4) is 0 Å². The molecule has 4 nitrogen and oxygen atoms in total. The number of aromatic nitrogens is 1. The molecule has 0 radical (unpaired) electrons. The van der Waals surface area contributed by atoms with Gasteiger partial charge in [-0.05, 0) is 25.0 Å². The minimum absolute atomic E-state index is 0.0836. The van der Waals surface area contributed by atoms with Crippen molar-refractivity contribution in [3.63, 3.8) is 0 Å². The van der Waals surface area contributed by atoms with E-state index in [0.29, 0.717) is 0 Å². The molecule has 0 saturated carbocycles. The molecule has 0 bridgehead atoms. The number of amidine groups is 1. The van der Waals surface area contributed by atoms with Gasteiger partial charge in [-0.15, -0.1) is 0 Å². The fourth-order valence-electron chi connectivity index (χ4n) is 1.72. The van der Waals surface area contributed by atoms with Crippen LogP contribution in [-0.2, 0) is 0 Å². The third-order valence-electron chi connectivity index (χ3n) is 2.36. The molecule has 0 aliphatic heterocycles. The van der Waals surface area contributed by atoms with E-state index in [1.54, 1.807) is 6.20 Å². The lowest BCUT2D eigenvalue weighted by atomic mass is 10.2. The quantitative estimate of drug-likeness (QED) is 0.569. The Morgan fingerprint density at radius 2 is 2.00 bits per heavy atom. The predicted molar refractivity (Wildman–Crippen MR) is 68.0 cm³/mol. The Morgan fingerprint density at radius 1 is 1.38 bits per heavy atom. The third kappa shape index (κ3) is 2.95. The van der Waals surface area contributed by atoms with Crippen molar-refractivity contribution in [2.45, 2.75) is 26.7 Å². The van der Waals surface area contributed by atoms with Gasteiger partial charge in [-0.3, -0.25) is 5.41 Å². The molecule has 16 heavy (non-hydrogen) atoms. The molecule has 0 spiro atoms. The predicted octanol–water partition coefficient (Wildman–Crippen LogP) is 1.99. The van der Waals surface area contributed by atoms with Crippen LogP contribution < -0.4 is 10.6 Å². The summed E-state index contributed by atoms with van der Waals surface area (Å²) < 4.78 is 0. The van der Waals surface area contributed by atoms with Gasteiger partial charge in [-0.1, -0.05) is 13.8 Å². The zero-order valence-electron chi connectivity index (χ0n) is 10.0. The van der Waals surface area contributed by atoms with Gasteiger partial charge in [-0.25, -0.2) is 4.98 Å². The Morgan fingerprint density at radius 3 is 2.50 bits per heavy atom. The average molecular weight is 220 g/mol. The minimum Gasteiger partial charge on any atom is -0.384 e. The summed E-state index contributed by atoms with van der Waals surface area (Å²) in [5, 5.41) is 7.55. The molecule has 0 saturated heterocycles. The van der Waals surface area contributed by atoms with Gasteiger partial charge in [0.15, 0.2) is 0 Å². The summed E-state index contributed by atoms with van der Waals surface area (Å²) in [5.41, 5.74) is 6.29. The van der Waals surface area contributed by atoms with Crippen LogP contribution in [0.25, 0.3) is 0 Å². The first-order valence-electron chi connectivity index (χ1n) is 5.75. The molecule has 0 fully saturated rings. The molecule has 1 rings (SSSR count). The van der Waals surface area contributed by atoms with E-state index >= 15 is 0 Å². The van der Waals surface area contributed by atoms with Crippen molar-refractivity contribution in [2.75, 3.05) is 18.0 Å². The molecule has 0 unspecified atom stereocenters. The summed E-state index contributed by atoms with van der Waals surface area (Å²) in [6, 6.07) is 3.67. The van der Waals surface area contributed by atoms with Crippen molar-refractivity contribution in [2.24, 2.45) is 5.73 Å². The molecule has 1 heterocycles. The fourth-order valence-corrected chi connectivity index (χ4v) is 1.72. The normalized spacial score (nSPS) is 10.1. The van der Waals surface area contributed by atoms with E-state index in [0.717, 1.165) is 37.3 Å². The molecule has 1 aromatic rings. The van der Waals surface area contributed by atoms with Gasteiger partial charge in [0.1, 0.15) is 11.7 Å². The van der Waals surface area contributed by atoms with Crippen LogP contribution >= 0.6 is 0 Å². The van der Waals surface area contributed by atoms with Crippen LogP contribution in [0, 0.1) is 5.41 Å². The van der Waals surface area contributed by atoms with Crippen molar-refractivity contribution in [3.05, 3.63) is 23.9 Å². The van der Waals surface area contributed by atoms with Crippen LogP contribution in [-0.4, -0.2) is 23.9 Å². The number of hydrogen-bond acceptors (Lipinski definition) is 3. The van der Waals surface area contributed by atoms with Crippen LogP contribution in [0.15, 0.2) is 18.3 Å². The Kier molecular flexibility index (Phi) is 4.76. The molecule has 0 amide bonds. The summed E-state index contributed by atoms with van der Waals surface area (Å²) in [6.45, 7) is 6.17. The van der Waals surface area contributed by atoms with Crippen molar-refractivity contribution in [3.8, 4) is 0 Å². The lowest BCUT2D eigenvalue weighted by Crippen LogP contribution is -2.29. The number of nitrogens with zero attached hydrogens (tertiary/aromatic N) is 2. The largest absolute Gasteiger partial charge is 0.384 e. The van der Waals surface area contributed by atoms with E-state index in [1.807, 2.05) is 12.1 Å². The monoisotopic (exact) mass is 220 g/mol. The second-order valence-electron chi connectivity index (χ2n) is 3.78. The molecule has 88 valence electrons. The number of rotatable bonds is 6. The Hall–Kier alpha value is -1.58. The molecule has 0 aliphatic carbocycles. The zero-order valence-corrected chi connectivity index (χ0v) is 10.0. The number of nitrogens with one attached hydrogen (secondary N) is 1. The fraction of sp³-hybridized carbons (Fsp3) is 0.500. The number of pyridine rings is 1. The second kappa shape index (κ2) is 6.10. The summed E-state index contributed by atoms with van der Waals surface area (Å²) >= 11 is 0. The highest BCUT2D eigenvalue weighted by Crippen LogP contribution is 2.17. The van der Waals surface area contributed by atoms with E-state index in [-0.39, 0.29) is 5.84 Å². The molecular weight excluding hydrogens is 200 g/mol. The molecule has 3 N–H and O–H groups in total. The lowest BCUT2D eigenvalue weighted by Gasteiger charge is -2.24.